The minimum atomic E-state index is -0.642. The third-order valence-corrected chi connectivity index (χ3v) is 7.43. The fourth-order valence-electron chi connectivity index (χ4n) is 5.14. The lowest BCUT2D eigenvalue weighted by atomic mass is 9.96. The van der Waals surface area contributed by atoms with Crippen LogP contribution in [0, 0.1) is 12.7 Å². The molecule has 0 aliphatic carbocycles. The van der Waals surface area contributed by atoms with Crippen molar-refractivity contribution in [3.8, 4) is 0 Å². The van der Waals surface area contributed by atoms with E-state index in [0.717, 1.165) is 55.3 Å². The predicted octanol–water partition coefficient (Wildman–Crippen LogP) is 6.21. The van der Waals surface area contributed by atoms with Gasteiger partial charge in [0.15, 0.2) is 0 Å². The second-order valence-electron chi connectivity index (χ2n) is 9.96. The molecule has 0 bridgehead atoms. The number of benzene rings is 2. The van der Waals surface area contributed by atoms with Gasteiger partial charge in [-0.3, -0.25) is 9.69 Å². The van der Waals surface area contributed by atoms with E-state index in [1.165, 1.54) is 0 Å². The Hall–Kier alpha value is -1.99. The van der Waals surface area contributed by atoms with Crippen molar-refractivity contribution in [3.63, 3.8) is 0 Å². The van der Waals surface area contributed by atoms with E-state index in [1.54, 1.807) is 19.9 Å². The molecule has 1 fully saturated rings. The number of aliphatic hydroxyl groups excluding tert-OH is 1. The average Bonchev–Trinajstić information content (AvgIpc) is 3.29. The molecule has 3 atom stereocenters. The Bertz CT molecular complexity index is 1020. The van der Waals surface area contributed by atoms with Crippen LogP contribution < -0.4 is 0 Å². The Kier molecular flexibility index (Phi) is 11.8. The molecule has 204 valence electrons. The Morgan fingerprint density at radius 1 is 1.27 bits per heavy atom. The highest BCUT2D eigenvalue weighted by Crippen LogP contribution is 2.32. The van der Waals surface area contributed by atoms with Crippen LogP contribution in [0.4, 0.5) is 4.39 Å². The maximum absolute atomic E-state index is 14.0. The summed E-state index contributed by atoms with van der Waals surface area (Å²) in [7, 11) is 0. The number of β-amino-alcohol motifs (C(OH)–C–C–N with tert-alkyl or cyclic N) is 1. The van der Waals surface area contributed by atoms with Crippen LogP contribution in [0.25, 0.3) is 0 Å². The summed E-state index contributed by atoms with van der Waals surface area (Å²) in [6.07, 6.45) is 4.44. The van der Waals surface area contributed by atoms with Crippen LogP contribution >= 0.6 is 11.6 Å². The number of esters is 1. The number of carbonyl (C=O) groups excluding carboxylic acids is 1. The summed E-state index contributed by atoms with van der Waals surface area (Å²) in [6.45, 7) is 7.66. The van der Waals surface area contributed by atoms with E-state index in [9.17, 15) is 14.3 Å². The first-order valence-electron chi connectivity index (χ1n) is 13.5. The van der Waals surface area contributed by atoms with Gasteiger partial charge in [0.25, 0.3) is 0 Å². The predicted molar refractivity (Wildman–Crippen MR) is 145 cm³/mol. The van der Waals surface area contributed by atoms with Crippen molar-refractivity contribution in [3.05, 3.63) is 69.5 Å². The van der Waals surface area contributed by atoms with Crippen LogP contribution in [0.3, 0.4) is 0 Å². The zero-order chi connectivity index (χ0) is 26.8. The Morgan fingerprint density at radius 2 is 2.08 bits per heavy atom. The van der Waals surface area contributed by atoms with Gasteiger partial charge in [0.05, 0.1) is 25.4 Å². The lowest BCUT2D eigenvalue weighted by molar-refractivity contribution is -0.143. The van der Waals surface area contributed by atoms with E-state index >= 15 is 0 Å². The van der Waals surface area contributed by atoms with Crippen LogP contribution in [-0.4, -0.2) is 54.4 Å². The first-order valence-corrected chi connectivity index (χ1v) is 13.9. The van der Waals surface area contributed by atoms with Gasteiger partial charge in [-0.1, -0.05) is 49.2 Å². The maximum Gasteiger partial charge on any atom is 0.306 e. The zero-order valence-electron chi connectivity index (χ0n) is 22.3. The van der Waals surface area contributed by atoms with E-state index in [2.05, 4.69) is 11.8 Å². The van der Waals surface area contributed by atoms with E-state index in [4.69, 9.17) is 21.1 Å². The van der Waals surface area contributed by atoms with Gasteiger partial charge in [-0.25, -0.2) is 4.39 Å². The SMILES string of the molecule is CCC[C@@H](OC[C@H](O)CN1CCC[C@H]1Cc1ccc(C)c(F)c1)c1cccc(Cl)c1CCC(=O)OCC. The summed E-state index contributed by atoms with van der Waals surface area (Å²) in [4.78, 5) is 14.2. The minimum Gasteiger partial charge on any atom is -0.466 e. The highest BCUT2D eigenvalue weighted by atomic mass is 35.5. The summed E-state index contributed by atoms with van der Waals surface area (Å²) in [5.41, 5.74) is 3.51. The molecule has 1 heterocycles. The molecule has 7 heteroatoms. The van der Waals surface area contributed by atoms with Crippen LogP contribution in [0.1, 0.15) is 74.3 Å². The number of rotatable bonds is 14. The van der Waals surface area contributed by atoms with Gasteiger partial charge in [0.2, 0.25) is 0 Å². The van der Waals surface area contributed by atoms with Gasteiger partial charge in [-0.15, -0.1) is 0 Å². The molecule has 37 heavy (non-hydrogen) atoms. The van der Waals surface area contributed by atoms with Crippen molar-refractivity contribution in [2.24, 2.45) is 0 Å². The van der Waals surface area contributed by atoms with Crippen molar-refractivity contribution in [1.82, 2.24) is 4.90 Å². The summed E-state index contributed by atoms with van der Waals surface area (Å²) in [5, 5.41) is 11.5. The molecular weight excluding hydrogens is 493 g/mol. The van der Waals surface area contributed by atoms with Crippen LogP contribution in [0.5, 0.6) is 0 Å². The van der Waals surface area contributed by atoms with E-state index in [1.807, 2.05) is 30.3 Å². The topological polar surface area (TPSA) is 59.0 Å². The number of likely N-dealkylation sites (tertiary alicyclic amines) is 1. The fraction of sp³-hybridized carbons (Fsp3) is 0.567. The third-order valence-electron chi connectivity index (χ3n) is 7.08. The molecule has 0 radical (unpaired) electrons. The molecule has 0 spiro atoms. The largest absolute Gasteiger partial charge is 0.466 e. The van der Waals surface area contributed by atoms with Gasteiger partial charge in [0, 0.05) is 24.0 Å². The number of hydrogen-bond donors (Lipinski definition) is 1. The first-order chi connectivity index (χ1) is 17.8. The summed E-state index contributed by atoms with van der Waals surface area (Å²) in [5.74, 6) is -0.412. The number of hydrogen-bond acceptors (Lipinski definition) is 5. The molecular formula is C30H41ClFNO4. The van der Waals surface area contributed by atoms with Gasteiger partial charge < -0.3 is 14.6 Å². The molecule has 1 aliphatic rings. The highest BCUT2D eigenvalue weighted by Gasteiger charge is 2.27. The normalized spacial score (nSPS) is 17.6. The van der Waals surface area contributed by atoms with Crippen molar-refractivity contribution >= 4 is 17.6 Å². The van der Waals surface area contributed by atoms with E-state index in [0.29, 0.717) is 30.2 Å². The Balaban J connectivity index is 1.60. The number of carbonyl (C=O) groups is 1. The molecule has 0 saturated carbocycles. The van der Waals surface area contributed by atoms with Gasteiger partial charge in [0.1, 0.15) is 5.82 Å². The molecule has 1 saturated heterocycles. The molecule has 1 N–H and O–H groups in total. The molecule has 2 aromatic carbocycles. The smallest absolute Gasteiger partial charge is 0.306 e. The average molecular weight is 534 g/mol. The number of halogens is 2. The van der Waals surface area contributed by atoms with E-state index < -0.39 is 6.10 Å². The molecule has 0 unspecified atom stereocenters. The Labute approximate surface area is 225 Å². The molecule has 0 amide bonds. The molecule has 0 aromatic heterocycles. The van der Waals surface area contributed by atoms with E-state index in [-0.39, 0.29) is 37.0 Å². The number of nitrogens with zero attached hydrogens (tertiary/aromatic N) is 1. The number of aryl methyl sites for hydroxylation is 1. The second-order valence-corrected chi connectivity index (χ2v) is 10.4. The molecule has 5 nitrogen and oxygen atoms in total. The molecule has 3 rings (SSSR count). The first kappa shape index (κ1) is 29.6. The molecule has 2 aromatic rings. The van der Waals surface area contributed by atoms with Crippen molar-refractivity contribution in [1.29, 1.82) is 0 Å². The summed E-state index contributed by atoms with van der Waals surface area (Å²) >= 11 is 6.52. The summed E-state index contributed by atoms with van der Waals surface area (Å²) < 4.78 is 25.4. The third kappa shape index (κ3) is 8.78. The molecule has 1 aliphatic heterocycles. The van der Waals surface area contributed by atoms with Crippen LogP contribution in [0.2, 0.25) is 5.02 Å². The van der Waals surface area contributed by atoms with Gasteiger partial charge in [-0.2, -0.15) is 0 Å². The van der Waals surface area contributed by atoms with Gasteiger partial charge in [-0.05, 0) is 86.9 Å². The fourth-order valence-corrected chi connectivity index (χ4v) is 5.42. The zero-order valence-corrected chi connectivity index (χ0v) is 23.1. The van der Waals surface area contributed by atoms with Crippen LogP contribution in [-0.2, 0) is 27.1 Å². The highest BCUT2D eigenvalue weighted by molar-refractivity contribution is 6.31. The maximum atomic E-state index is 14.0. The lowest BCUT2D eigenvalue weighted by Gasteiger charge is -2.28. The minimum absolute atomic E-state index is 0.167. The van der Waals surface area contributed by atoms with Crippen LogP contribution in [0.15, 0.2) is 36.4 Å². The van der Waals surface area contributed by atoms with Crippen molar-refractivity contribution in [2.75, 3.05) is 26.3 Å². The monoisotopic (exact) mass is 533 g/mol. The van der Waals surface area contributed by atoms with Crippen molar-refractivity contribution in [2.45, 2.75) is 84.0 Å². The van der Waals surface area contributed by atoms with Crippen molar-refractivity contribution < 1.29 is 23.8 Å². The quantitative estimate of drug-likeness (QED) is 0.293. The van der Waals surface area contributed by atoms with Gasteiger partial charge >= 0.3 is 5.97 Å². The number of ether oxygens (including phenoxy) is 2. The number of aliphatic hydroxyl groups is 1. The lowest BCUT2D eigenvalue weighted by Crippen LogP contribution is -2.39. The Morgan fingerprint density at radius 3 is 2.81 bits per heavy atom. The second kappa shape index (κ2) is 14.8. The summed E-state index contributed by atoms with van der Waals surface area (Å²) in [6, 6.07) is 11.5. The standard InChI is InChI=1S/C30H41ClFNO4/c1-4-8-29(26-10-6-11-27(31)25(26)14-15-30(35)36-5-2)37-20-24(34)19-33-16-7-9-23(33)17-22-13-12-21(3)28(32)18-22/h6,10-13,18,23-24,29,34H,4-5,7-9,14-17,19-20H2,1-3H3/t23-,24+,29+/m0/s1.